The molecule has 0 amide bonds. The van der Waals surface area contributed by atoms with E-state index in [0.29, 0.717) is 5.56 Å². The van der Waals surface area contributed by atoms with Gasteiger partial charge in [0.25, 0.3) is 0 Å². The molecule has 0 saturated heterocycles. The summed E-state index contributed by atoms with van der Waals surface area (Å²) in [6.45, 7) is -0.0716. The maximum atomic E-state index is 13.5. The first-order chi connectivity index (χ1) is 9.64. The fourth-order valence-electron chi connectivity index (χ4n) is 1.45. The minimum absolute atomic E-state index is 0.0669. The molecule has 0 N–H and O–H groups in total. The molecule has 0 aliphatic heterocycles. The van der Waals surface area contributed by atoms with E-state index in [2.05, 4.69) is 4.74 Å². The van der Waals surface area contributed by atoms with Crippen LogP contribution in [0, 0.1) is 0 Å². The summed E-state index contributed by atoms with van der Waals surface area (Å²) >= 11 is 1.60. The van der Waals surface area contributed by atoms with Crippen LogP contribution in [-0.2, 0) is 20.9 Å². The molecular weight excluding hydrogens is 360 g/mol. The lowest BCUT2D eigenvalue weighted by Crippen LogP contribution is -2.50. The summed E-state index contributed by atoms with van der Waals surface area (Å²) in [4.78, 5) is 6.27. The first-order valence-electron chi connectivity index (χ1n) is 5.88. The van der Waals surface area contributed by atoms with E-state index in [9.17, 15) is 22.4 Å². The van der Waals surface area contributed by atoms with Gasteiger partial charge in [-0.2, -0.15) is 17.6 Å². The van der Waals surface area contributed by atoms with Gasteiger partial charge in [-0.3, -0.25) is 4.79 Å². The zero-order valence-electron chi connectivity index (χ0n) is 11.0. The Morgan fingerprint density at radius 2 is 1.81 bits per heavy atom. The number of hydrogen-bond acceptors (Lipinski definition) is 3. The largest absolute Gasteiger partial charge is 0.453 e. The number of hydrogen-bond donors (Lipinski definition) is 0. The molecule has 1 aromatic carbocycles. The maximum Gasteiger partial charge on any atom is 0.367 e. The number of carbonyl (C=O) groups is 1. The monoisotopic (exact) mass is 372 g/mol. The summed E-state index contributed by atoms with van der Waals surface area (Å²) in [7, 11) is 0. The Balaban J connectivity index is 2.69. The first kappa shape index (κ1) is 17.9. The Bertz CT molecular complexity index is 462. The van der Waals surface area contributed by atoms with Gasteiger partial charge >= 0.3 is 16.7 Å². The van der Waals surface area contributed by atoms with Gasteiger partial charge in [-0.25, -0.2) is 0 Å². The number of halogens is 5. The van der Waals surface area contributed by atoms with Gasteiger partial charge < -0.3 is 9.47 Å². The van der Waals surface area contributed by atoms with Crippen LogP contribution < -0.4 is 0 Å². The first-order valence-corrected chi connectivity index (χ1v) is 6.67. The molecular formula is C13H13BrF4O3. The summed E-state index contributed by atoms with van der Waals surface area (Å²) in [5.74, 6) is -5.70. The van der Waals surface area contributed by atoms with Crippen LogP contribution in [0.25, 0.3) is 0 Å². The van der Waals surface area contributed by atoms with Gasteiger partial charge in [0, 0.05) is 6.92 Å². The van der Waals surface area contributed by atoms with Crippen molar-refractivity contribution in [3.8, 4) is 0 Å². The zero-order chi connectivity index (χ0) is 16.1. The molecule has 1 rings (SSSR count). The van der Waals surface area contributed by atoms with Crippen molar-refractivity contribution in [1.29, 1.82) is 0 Å². The molecule has 0 unspecified atom stereocenters. The molecule has 3 nitrogen and oxygen atoms in total. The summed E-state index contributed by atoms with van der Waals surface area (Å²) in [6, 6.07) is 8.54. The van der Waals surface area contributed by atoms with Gasteiger partial charge in [0.15, 0.2) is 6.10 Å². The van der Waals surface area contributed by atoms with Crippen molar-refractivity contribution in [2.24, 2.45) is 0 Å². The van der Waals surface area contributed by atoms with Crippen LogP contribution >= 0.6 is 15.9 Å². The predicted molar refractivity (Wildman–Crippen MR) is 70.5 cm³/mol. The number of esters is 1. The van der Waals surface area contributed by atoms with Crippen molar-refractivity contribution in [2.45, 2.75) is 30.4 Å². The number of carbonyl (C=O) groups excluding carboxylic acids is 1. The highest BCUT2D eigenvalue weighted by atomic mass is 79.9. The van der Waals surface area contributed by atoms with E-state index in [0.717, 1.165) is 6.92 Å². The second-order valence-corrected chi connectivity index (χ2v) is 5.22. The van der Waals surface area contributed by atoms with E-state index in [-0.39, 0.29) is 6.61 Å². The Morgan fingerprint density at radius 1 is 1.24 bits per heavy atom. The lowest BCUT2D eigenvalue weighted by atomic mass is 10.2. The second kappa shape index (κ2) is 7.22. The van der Waals surface area contributed by atoms with E-state index in [4.69, 9.17) is 4.74 Å². The third-order valence-corrected chi connectivity index (χ3v) is 3.00. The number of ether oxygens (including phenoxy) is 2. The molecule has 0 spiro atoms. The highest BCUT2D eigenvalue weighted by molar-refractivity contribution is 9.10. The van der Waals surface area contributed by atoms with Crippen molar-refractivity contribution in [3.05, 3.63) is 35.9 Å². The molecule has 0 fully saturated rings. The molecule has 0 aromatic heterocycles. The molecule has 118 valence electrons. The summed E-state index contributed by atoms with van der Waals surface area (Å²) in [5, 5.41) is 0. The van der Waals surface area contributed by atoms with Crippen molar-refractivity contribution >= 4 is 21.9 Å². The summed E-state index contributed by atoms with van der Waals surface area (Å²) in [5.41, 5.74) is 0.674. The Morgan fingerprint density at radius 3 is 2.29 bits per heavy atom. The van der Waals surface area contributed by atoms with Gasteiger partial charge in [-0.1, -0.05) is 30.3 Å². The molecule has 8 heteroatoms. The molecule has 0 aliphatic carbocycles. The fraction of sp³-hybridized carbons (Fsp3) is 0.462. The van der Waals surface area contributed by atoms with Crippen LogP contribution in [-0.4, -0.2) is 29.4 Å². The third kappa shape index (κ3) is 5.28. The van der Waals surface area contributed by atoms with E-state index in [1.165, 1.54) is 0 Å². The standard InChI is InChI=1S/C13H13BrF4O3/c1-9(19)21-11(12(15,16)13(14,17)18)8-20-7-10-5-3-2-4-6-10/h2-6,11H,7-8H2,1H3/t11-/m1/s1. The summed E-state index contributed by atoms with van der Waals surface area (Å²) < 4.78 is 62.0. The van der Waals surface area contributed by atoms with Crippen LogP contribution in [0.4, 0.5) is 17.6 Å². The average Bonchev–Trinajstić information content (AvgIpc) is 2.37. The Hall–Kier alpha value is -1.15. The van der Waals surface area contributed by atoms with E-state index in [1.54, 1.807) is 46.3 Å². The van der Waals surface area contributed by atoms with Crippen LogP contribution in [0.5, 0.6) is 0 Å². The molecule has 1 atom stereocenters. The lowest BCUT2D eigenvalue weighted by molar-refractivity contribution is -0.229. The molecule has 0 radical (unpaired) electrons. The minimum atomic E-state index is -4.60. The number of rotatable bonds is 7. The number of alkyl halides is 5. The highest BCUT2D eigenvalue weighted by Gasteiger charge is 2.61. The molecule has 0 heterocycles. The lowest BCUT2D eigenvalue weighted by Gasteiger charge is -2.29. The van der Waals surface area contributed by atoms with Crippen molar-refractivity contribution in [2.75, 3.05) is 6.61 Å². The third-order valence-electron chi connectivity index (χ3n) is 2.47. The minimum Gasteiger partial charge on any atom is -0.453 e. The van der Waals surface area contributed by atoms with Crippen LogP contribution in [0.3, 0.4) is 0 Å². The second-order valence-electron chi connectivity index (χ2n) is 4.22. The molecule has 1 aromatic rings. The zero-order valence-corrected chi connectivity index (χ0v) is 12.6. The quantitative estimate of drug-likeness (QED) is 0.415. The maximum absolute atomic E-state index is 13.5. The van der Waals surface area contributed by atoms with E-state index < -0.39 is 29.4 Å². The van der Waals surface area contributed by atoms with Crippen LogP contribution in [0.2, 0.25) is 0 Å². The average molecular weight is 373 g/mol. The van der Waals surface area contributed by atoms with Crippen LogP contribution in [0.1, 0.15) is 12.5 Å². The van der Waals surface area contributed by atoms with E-state index in [1.807, 2.05) is 0 Å². The van der Waals surface area contributed by atoms with Gasteiger partial charge in [-0.15, -0.1) is 0 Å². The highest BCUT2D eigenvalue weighted by Crippen LogP contribution is 2.42. The fourth-order valence-corrected chi connectivity index (χ4v) is 1.71. The van der Waals surface area contributed by atoms with Crippen LogP contribution in [0.15, 0.2) is 30.3 Å². The number of benzene rings is 1. The molecule has 0 bridgehead atoms. The SMILES string of the molecule is CC(=O)O[C@H](COCc1ccccc1)C(F)(F)C(F)(F)Br. The van der Waals surface area contributed by atoms with Gasteiger partial charge in [0.05, 0.1) is 13.2 Å². The topological polar surface area (TPSA) is 35.5 Å². The van der Waals surface area contributed by atoms with Gasteiger partial charge in [0.2, 0.25) is 0 Å². The normalized spacial score (nSPS) is 13.8. The smallest absolute Gasteiger partial charge is 0.367 e. The van der Waals surface area contributed by atoms with Crippen molar-refractivity contribution in [3.63, 3.8) is 0 Å². The molecule has 21 heavy (non-hydrogen) atoms. The van der Waals surface area contributed by atoms with E-state index >= 15 is 0 Å². The summed E-state index contributed by atoms with van der Waals surface area (Å²) in [6.07, 6.45) is -2.40. The Labute approximate surface area is 127 Å². The molecule has 0 saturated carbocycles. The van der Waals surface area contributed by atoms with Crippen molar-refractivity contribution < 1.29 is 31.8 Å². The van der Waals surface area contributed by atoms with Gasteiger partial charge in [0.1, 0.15) is 0 Å². The van der Waals surface area contributed by atoms with Gasteiger partial charge in [-0.05, 0) is 21.5 Å². The van der Waals surface area contributed by atoms with Crippen molar-refractivity contribution in [1.82, 2.24) is 0 Å². The Kier molecular flexibility index (Phi) is 6.15. The predicted octanol–water partition coefficient (Wildman–Crippen LogP) is 3.76. The molecule has 0 aliphatic rings.